The number of nitrogens with one attached hydrogen (secondary N) is 2. The predicted octanol–water partition coefficient (Wildman–Crippen LogP) is 7.41. The number of hydrogen-bond acceptors (Lipinski definition) is 3. The topological polar surface area (TPSA) is 75.3 Å². The third-order valence-electron chi connectivity index (χ3n) is 5.39. The van der Waals surface area contributed by atoms with E-state index in [0.717, 1.165) is 15.6 Å². The second kappa shape index (κ2) is 12.8. The molecule has 188 valence electrons. The first kappa shape index (κ1) is 26.8. The molecule has 5 nitrogen and oxygen atoms in total. The van der Waals surface area contributed by atoms with Crippen molar-refractivity contribution in [3.8, 4) is 0 Å². The number of amides is 2. The molecule has 0 saturated heterocycles. The molecule has 0 heterocycles. The fourth-order valence-electron chi connectivity index (χ4n) is 3.50. The lowest BCUT2D eigenvalue weighted by atomic mass is 10.1. The zero-order chi connectivity index (χ0) is 26.9. The van der Waals surface area contributed by atoms with Crippen molar-refractivity contribution in [2.45, 2.75) is 0 Å². The quantitative estimate of drug-likeness (QED) is 0.167. The van der Waals surface area contributed by atoms with Crippen molar-refractivity contribution in [2.24, 2.45) is 0 Å². The molecule has 4 aromatic rings. The Morgan fingerprint density at radius 2 is 1.45 bits per heavy atom. The molecule has 0 bridgehead atoms. The van der Waals surface area contributed by atoms with E-state index in [-0.39, 0.29) is 11.5 Å². The summed E-state index contributed by atoms with van der Waals surface area (Å²) in [6, 6.07) is 29.7. The molecule has 0 radical (unpaired) electrons. The Kier molecular flexibility index (Phi) is 9.03. The summed E-state index contributed by atoms with van der Waals surface area (Å²) < 4.78 is 0.838. The third-order valence-corrected chi connectivity index (χ3v) is 6.12. The Morgan fingerprint density at radius 1 is 0.737 bits per heavy atom. The van der Waals surface area contributed by atoms with Gasteiger partial charge < -0.3 is 10.6 Å². The molecule has 0 aromatic heterocycles. The minimum Gasteiger partial charge on any atom is -0.321 e. The van der Waals surface area contributed by atoms with Gasteiger partial charge in [0.1, 0.15) is 5.70 Å². The third kappa shape index (κ3) is 7.62. The van der Waals surface area contributed by atoms with Crippen molar-refractivity contribution in [3.05, 3.63) is 147 Å². The van der Waals surface area contributed by atoms with Crippen LogP contribution in [0.3, 0.4) is 0 Å². The van der Waals surface area contributed by atoms with Crippen LogP contribution in [0.4, 0.5) is 5.69 Å². The van der Waals surface area contributed by atoms with Crippen LogP contribution in [0, 0.1) is 0 Å². The molecule has 0 spiro atoms. The van der Waals surface area contributed by atoms with E-state index in [1.54, 1.807) is 72.8 Å². The maximum atomic E-state index is 13.2. The van der Waals surface area contributed by atoms with E-state index in [2.05, 4.69) is 26.6 Å². The molecule has 2 amide bonds. The van der Waals surface area contributed by atoms with Gasteiger partial charge in [-0.3, -0.25) is 14.4 Å². The maximum absolute atomic E-state index is 13.2. The van der Waals surface area contributed by atoms with E-state index < -0.39 is 11.8 Å². The minimum absolute atomic E-state index is 0.0709. The summed E-state index contributed by atoms with van der Waals surface area (Å²) >= 11 is 9.41. The van der Waals surface area contributed by atoms with Gasteiger partial charge in [0.2, 0.25) is 0 Å². The molecule has 38 heavy (non-hydrogen) atoms. The van der Waals surface area contributed by atoms with Crippen molar-refractivity contribution < 1.29 is 14.4 Å². The highest BCUT2D eigenvalue weighted by atomic mass is 79.9. The lowest BCUT2D eigenvalue weighted by Gasteiger charge is -2.12. The highest BCUT2D eigenvalue weighted by Crippen LogP contribution is 2.17. The van der Waals surface area contributed by atoms with Crippen molar-refractivity contribution in [1.82, 2.24) is 5.32 Å². The van der Waals surface area contributed by atoms with Crippen molar-refractivity contribution in [1.29, 1.82) is 0 Å². The molecule has 0 aliphatic carbocycles. The summed E-state index contributed by atoms with van der Waals surface area (Å²) in [4.78, 5) is 38.5. The summed E-state index contributed by atoms with van der Waals surface area (Å²) in [5.74, 6) is -1.10. The smallest absolute Gasteiger partial charge is 0.272 e. The van der Waals surface area contributed by atoms with Crippen LogP contribution in [0.1, 0.15) is 31.8 Å². The van der Waals surface area contributed by atoms with E-state index in [4.69, 9.17) is 11.6 Å². The Bertz CT molecular complexity index is 1530. The zero-order valence-electron chi connectivity index (χ0n) is 20.0. The van der Waals surface area contributed by atoms with Gasteiger partial charge in [-0.25, -0.2) is 0 Å². The summed E-state index contributed by atoms with van der Waals surface area (Å²) in [5, 5.41) is 6.09. The van der Waals surface area contributed by atoms with Crippen LogP contribution in [-0.2, 0) is 4.79 Å². The average Bonchev–Trinajstić information content (AvgIpc) is 2.92. The monoisotopic (exact) mass is 584 g/mol. The SMILES string of the molecule is O=C(Nc1ccc(C(=O)/C=C/c2cccc(Cl)c2)cc1)/C(=C/c1cccc(Br)c1)NC(=O)c1ccccc1. The van der Waals surface area contributed by atoms with Gasteiger partial charge in [-0.15, -0.1) is 0 Å². The van der Waals surface area contributed by atoms with Crippen LogP contribution in [0.25, 0.3) is 12.2 Å². The molecule has 2 N–H and O–H groups in total. The van der Waals surface area contributed by atoms with E-state index in [1.165, 1.54) is 6.08 Å². The highest BCUT2D eigenvalue weighted by molar-refractivity contribution is 9.10. The first-order valence-electron chi connectivity index (χ1n) is 11.6. The second-order valence-electron chi connectivity index (χ2n) is 8.22. The fourth-order valence-corrected chi connectivity index (χ4v) is 4.12. The van der Waals surface area contributed by atoms with E-state index >= 15 is 0 Å². The van der Waals surface area contributed by atoms with Gasteiger partial charge in [-0.05, 0) is 83.9 Å². The summed E-state index contributed by atoms with van der Waals surface area (Å²) in [6.07, 6.45) is 4.76. The van der Waals surface area contributed by atoms with Gasteiger partial charge >= 0.3 is 0 Å². The predicted molar refractivity (Wildman–Crippen MR) is 156 cm³/mol. The average molecular weight is 586 g/mol. The van der Waals surface area contributed by atoms with Gasteiger partial charge in [-0.1, -0.05) is 76.1 Å². The number of ketones is 1. The standard InChI is InChI=1S/C31H22BrClN2O3/c32-25-10-4-7-22(18-25)20-28(35-30(37)24-8-2-1-3-9-24)31(38)34-27-15-13-23(14-16-27)29(36)17-12-21-6-5-11-26(33)19-21/h1-20H,(H,34,38)(H,35,37)/b17-12+,28-20-. The molecule has 4 aromatic carbocycles. The molecule has 7 heteroatoms. The van der Waals surface area contributed by atoms with E-state index in [1.807, 2.05) is 42.5 Å². The highest BCUT2D eigenvalue weighted by Gasteiger charge is 2.15. The van der Waals surface area contributed by atoms with Crippen molar-refractivity contribution in [2.75, 3.05) is 5.32 Å². The number of rotatable bonds is 8. The number of benzene rings is 4. The van der Waals surface area contributed by atoms with Crippen LogP contribution < -0.4 is 10.6 Å². The second-order valence-corrected chi connectivity index (χ2v) is 9.57. The first-order chi connectivity index (χ1) is 18.4. The number of carbonyl (C=O) groups excluding carboxylic acids is 3. The lowest BCUT2D eigenvalue weighted by Crippen LogP contribution is -2.30. The number of anilines is 1. The number of carbonyl (C=O) groups is 3. The zero-order valence-corrected chi connectivity index (χ0v) is 22.4. The Balaban J connectivity index is 1.49. The fraction of sp³-hybridized carbons (Fsp3) is 0. The summed E-state index contributed by atoms with van der Waals surface area (Å²) in [7, 11) is 0. The van der Waals surface area contributed by atoms with Crippen LogP contribution in [-0.4, -0.2) is 17.6 Å². The Morgan fingerprint density at radius 3 is 2.16 bits per heavy atom. The van der Waals surface area contributed by atoms with Gasteiger partial charge in [0.05, 0.1) is 0 Å². The number of allylic oxidation sites excluding steroid dienone is 1. The van der Waals surface area contributed by atoms with E-state index in [9.17, 15) is 14.4 Å². The first-order valence-corrected chi connectivity index (χ1v) is 12.8. The minimum atomic E-state index is -0.505. The molecule has 0 aliphatic rings. The van der Waals surface area contributed by atoms with Crippen LogP contribution in [0.2, 0.25) is 5.02 Å². The van der Waals surface area contributed by atoms with Crippen molar-refractivity contribution >= 4 is 63.0 Å². The van der Waals surface area contributed by atoms with Crippen LogP contribution >= 0.6 is 27.5 Å². The summed E-state index contributed by atoms with van der Waals surface area (Å²) in [5.41, 5.74) is 2.97. The molecule has 0 saturated carbocycles. The molecule has 0 unspecified atom stereocenters. The normalized spacial score (nSPS) is 11.3. The van der Waals surface area contributed by atoms with E-state index in [0.29, 0.717) is 21.8 Å². The molecule has 0 atom stereocenters. The molecular formula is C31H22BrClN2O3. The number of hydrogen-bond donors (Lipinski definition) is 2. The Labute approximate surface area is 234 Å². The summed E-state index contributed by atoms with van der Waals surface area (Å²) in [6.45, 7) is 0. The van der Waals surface area contributed by atoms with Crippen LogP contribution in [0.15, 0.2) is 119 Å². The molecule has 0 fully saturated rings. The van der Waals surface area contributed by atoms with Gasteiger partial charge in [0, 0.05) is 26.3 Å². The van der Waals surface area contributed by atoms with Gasteiger partial charge in [0.25, 0.3) is 11.8 Å². The lowest BCUT2D eigenvalue weighted by molar-refractivity contribution is -0.113. The molecule has 4 rings (SSSR count). The van der Waals surface area contributed by atoms with Gasteiger partial charge in [0.15, 0.2) is 5.78 Å². The van der Waals surface area contributed by atoms with Crippen LogP contribution in [0.5, 0.6) is 0 Å². The van der Waals surface area contributed by atoms with Gasteiger partial charge in [-0.2, -0.15) is 0 Å². The van der Waals surface area contributed by atoms with Crippen molar-refractivity contribution in [3.63, 3.8) is 0 Å². The molecule has 0 aliphatic heterocycles. The maximum Gasteiger partial charge on any atom is 0.272 e. The number of halogens is 2. The largest absolute Gasteiger partial charge is 0.321 e. The Hall–Kier alpha value is -4.26. The molecular weight excluding hydrogens is 564 g/mol.